The zero-order valence-corrected chi connectivity index (χ0v) is 11.5. The van der Waals surface area contributed by atoms with Crippen LogP contribution in [0.2, 0.25) is 0 Å². The van der Waals surface area contributed by atoms with Crippen molar-refractivity contribution in [3.8, 4) is 0 Å². The van der Waals surface area contributed by atoms with Crippen molar-refractivity contribution < 1.29 is 4.79 Å². The van der Waals surface area contributed by atoms with Crippen LogP contribution in [-0.2, 0) is 6.42 Å². The van der Waals surface area contributed by atoms with Crippen LogP contribution in [0.1, 0.15) is 11.3 Å². The molecule has 0 bridgehead atoms. The number of nitrogens with zero attached hydrogens (tertiary/aromatic N) is 1. The standard InChI is InChI=1S/C13H15BrN2O/c1-9-10(7-8-16(2)13(14)17)11-5-3-4-6-12(11)15-9/h3-6,15H,7-8H2,1-2H3. The highest BCUT2D eigenvalue weighted by molar-refractivity contribution is 9.18. The molecule has 1 amide bonds. The van der Waals surface area contributed by atoms with Crippen LogP contribution >= 0.6 is 15.9 Å². The van der Waals surface area contributed by atoms with E-state index in [1.807, 2.05) is 12.1 Å². The average molecular weight is 295 g/mol. The minimum Gasteiger partial charge on any atom is -0.358 e. The lowest BCUT2D eigenvalue weighted by Gasteiger charge is -2.13. The number of likely N-dealkylation sites (N-methyl/N-ethyl adjacent to an activating group) is 1. The second-order valence-electron chi connectivity index (χ2n) is 4.20. The second-order valence-corrected chi connectivity index (χ2v) is 4.88. The van der Waals surface area contributed by atoms with Crippen LogP contribution in [0.3, 0.4) is 0 Å². The number of aryl methyl sites for hydroxylation is 1. The van der Waals surface area contributed by atoms with Gasteiger partial charge in [-0.05, 0) is 25.0 Å². The fourth-order valence-electron chi connectivity index (χ4n) is 2.02. The van der Waals surface area contributed by atoms with E-state index in [9.17, 15) is 4.79 Å². The molecule has 2 rings (SSSR count). The third kappa shape index (κ3) is 2.52. The van der Waals surface area contributed by atoms with E-state index in [1.54, 1.807) is 11.9 Å². The molecule has 1 aromatic carbocycles. The van der Waals surface area contributed by atoms with E-state index in [1.165, 1.54) is 16.6 Å². The number of fused-ring (bicyclic) bond motifs is 1. The molecule has 0 unspecified atom stereocenters. The molecule has 0 spiro atoms. The van der Waals surface area contributed by atoms with Crippen molar-refractivity contribution in [1.82, 2.24) is 9.88 Å². The van der Waals surface area contributed by atoms with Gasteiger partial charge in [-0.2, -0.15) is 0 Å². The maximum atomic E-state index is 11.1. The van der Waals surface area contributed by atoms with Gasteiger partial charge in [0.15, 0.2) is 0 Å². The lowest BCUT2D eigenvalue weighted by molar-refractivity contribution is 0.235. The number of hydrogen-bond acceptors (Lipinski definition) is 1. The maximum absolute atomic E-state index is 11.1. The fourth-order valence-corrected chi connectivity index (χ4v) is 2.20. The first-order valence-electron chi connectivity index (χ1n) is 5.56. The van der Waals surface area contributed by atoms with Crippen LogP contribution in [0.15, 0.2) is 24.3 Å². The number of H-pyrrole nitrogens is 1. The molecule has 2 aromatic rings. The minimum absolute atomic E-state index is 0.0741. The highest BCUT2D eigenvalue weighted by atomic mass is 79.9. The third-order valence-electron chi connectivity index (χ3n) is 3.02. The number of rotatable bonds is 3. The number of halogens is 1. The molecule has 0 aliphatic rings. The lowest BCUT2D eigenvalue weighted by Crippen LogP contribution is -2.23. The van der Waals surface area contributed by atoms with Crippen LogP contribution in [0.4, 0.5) is 4.79 Å². The van der Waals surface area contributed by atoms with Gasteiger partial charge >= 0.3 is 0 Å². The molecule has 0 radical (unpaired) electrons. The molecule has 4 heteroatoms. The summed E-state index contributed by atoms with van der Waals surface area (Å²) in [4.78, 5) is 16.0. The smallest absolute Gasteiger partial charge is 0.289 e. The number of para-hydroxylation sites is 1. The Labute approximate surface area is 109 Å². The number of nitrogens with one attached hydrogen (secondary N) is 1. The van der Waals surface area contributed by atoms with E-state index in [0.29, 0.717) is 6.54 Å². The van der Waals surface area contributed by atoms with Gasteiger partial charge in [-0.3, -0.25) is 4.79 Å². The predicted molar refractivity (Wildman–Crippen MR) is 73.7 cm³/mol. The van der Waals surface area contributed by atoms with Crippen LogP contribution in [0.5, 0.6) is 0 Å². The summed E-state index contributed by atoms with van der Waals surface area (Å²) in [5.74, 6) is 0. The molecule has 0 fully saturated rings. The summed E-state index contributed by atoms with van der Waals surface area (Å²) in [6, 6.07) is 8.25. The quantitative estimate of drug-likeness (QED) is 0.683. The number of carbonyl (C=O) groups excluding carboxylic acids is 1. The Morgan fingerprint density at radius 1 is 1.41 bits per heavy atom. The second kappa shape index (κ2) is 4.92. The summed E-state index contributed by atoms with van der Waals surface area (Å²) < 4.78 is 0. The molecule has 0 saturated carbocycles. The molecule has 0 aliphatic heterocycles. The Hall–Kier alpha value is -1.29. The molecular formula is C13H15BrN2O. The largest absolute Gasteiger partial charge is 0.358 e. The third-order valence-corrected chi connectivity index (χ3v) is 3.63. The first-order valence-corrected chi connectivity index (χ1v) is 6.35. The van der Waals surface area contributed by atoms with E-state index >= 15 is 0 Å². The van der Waals surface area contributed by atoms with Gasteiger partial charge in [0.2, 0.25) is 0 Å². The van der Waals surface area contributed by atoms with Gasteiger partial charge in [-0.1, -0.05) is 18.2 Å². The van der Waals surface area contributed by atoms with Gasteiger partial charge < -0.3 is 9.88 Å². The summed E-state index contributed by atoms with van der Waals surface area (Å²) in [5.41, 5.74) is 3.63. The maximum Gasteiger partial charge on any atom is 0.289 e. The van der Waals surface area contributed by atoms with Crippen LogP contribution in [-0.4, -0.2) is 28.3 Å². The number of aromatic amines is 1. The number of hydrogen-bond donors (Lipinski definition) is 1. The van der Waals surface area contributed by atoms with Gasteiger partial charge in [0, 0.05) is 46.1 Å². The van der Waals surface area contributed by atoms with Crippen molar-refractivity contribution in [3.05, 3.63) is 35.5 Å². The van der Waals surface area contributed by atoms with E-state index in [2.05, 4.69) is 40.0 Å². The van der Waals surface area contributed by atoms with Crippen molar-refractivity contribution in [2.75, 3.05) is 13.6 Å². The van der Waals surface area contributed by atoms with Crippen molar-refractivity contribution >= 4 is 31.6 Å². The van der Waals surface area contributed by atoms with E-state index in [0.717, 1.165) is 11.9 Å². The molecule has 0 aliphatic carbocycles. The molecule has 17 heavy (non-hydrogen) atoms. The molecular weight excluding hydrogens is 280 g/mol. The summed E-state index contributed by atoms with van der Waals surface area (Å²) in [6.45, 7) is 2.79. The highest BCUT2D eigenvalue weighted by Crippen LogP contribution is 2.22. The number of carbonyl (C=O) groups is 1. The molecule has 3 nitrogen and oxygen atoms in total. The topological polar surface area (TPSA) is 36.1 Å². The first-order chi connectivity index (χ1) is 8.09. The fraction of sp³-hybridized carbons (Fsp3) is 0.308. The highest BCUT2D eigenvalue weighted by Gasteiger charge is 2.10. The lowest BCUT2D eigenvalue weighted by atomic mass is 10.1. The zero-order valence-electron chi connectivity index (χ0n) is 9.96. The summed E-state index contributed by atoms with van der Waals surface area (Å²) >= 11 is 2.95. The van der Waals surface area contributed by atoms with Crippen molar-refractivity contribution in [3.63, 3.8) is 0 Å². The number of aromatic nitrogens is 1. The molecule has 0 saturated heterocycles. The van der Waals surface area contributed by atoms with Gasteiger partial charge in [-0.25, -0.2) is 0 Å². The van der Waals surface area contributed by atoms with Gasteiger partial charge in [-0.15, -0.1) is 0 Å². The Morgan fingerprint density at radius 3 is 2.82 bits per heavy atom. The zero-order chi connectivity index (χ0) is 12.4. The van der Waals surface area contributed by atoms with E-state index in [-0.39, 0.29) is 4.82 Å². The number of amides is 1. The Bertz CT molecular complexity index is 547. The summed E-state index contributed by atoms with van der Waals surface area (Å²) in [5, 5.41) is 1.25. The molecule has 1 N–H and O–H groups in total. The molecule has 0 atom stereocenters. The monoisotopic (exact) mass is 294 g/mol. The number of benzene rings is 1. The molecule has 1 heterocycles. The van der Waals surface area contributed by atoms with Gasteiger partial charge in [0.05, 0.1) is 0 Å². The Morgan fingerprint density at radius 2 is 2.12 bits per heavy atom. The first kappa shape index (κ1) is 12.2. The van der Waals surface area contributed by atoms with Crippen molar-refractivity contribution in [1.29, 1.82) is 0 Å². The van der Waals surface area contributed by atoms with E-state index < -0.39 is 0 Å². The minimum atomic E-state index is -0.0741. The van der Waals surface area contributed by atoms with Crippen LogP contribution in [0, 0.1) is 6.92 Å². The van der Waals surface area contributed by atoms with Crippen molar-refractivity contribution in [2.24, 2.45) is 0 Å². The van der Waals surface area contributed by atoms with E-state index in [4.69, 9.17) is 0 Å². The Kier molecular flexibility index (Phi) is 3.52. The average Bonchev–Trinajstić information content (AvgIpc) is 2.61. The van der Waals surface area contributed by atoms with Crippen LogP contribution < -0.4 is 0 Å². The Balaban J connectivity index is 2.23. The summed E-state index contributed by atoms with van der Waals surface area (Å²) in [6.07, 6.45) is 0.865. The van der Waals surface area contributed by atoms with Gasteiger partial charge in [0.25, 0.3) is 4.82 Å². The van der Waals surface area contributed by atoms with Crippen molar-refractivity contribution in [2.45, 2.75) is 13.3 Å². The SMILES string of the molecule is Cc1[nH]c2ccccc2c1CCN(C)C(=O)Br. The summed E-state index contributed by atoms with van der Waals surface area (Å²) in [7, 11) is 1.79. The predicted octanol–water partition coefficient (Wildman–Crippen LogP) is 3.47. The normalized spacial score (nSPS) is 10.8. The molecule has 1 aromatic heterocycles. The van der Waals surface area contributed by atoms with Gasteiger partial charge in [0.1, 0.15) is 0 Å². The molecule has 90 valence electrons. The van der Waals surface area contributed by atoms with Crippen LogP contribution in [0.25, 0.3) is 10.9 Å².